The third kappa shape index (κ3) is 5.43. The lowest BCUT2D eigenvalue weighted by Crippen LogP contribution is -2.08. The van der Waals surface area contributed by atoms with Crippen LogP contribution < -0.4 is 0 Å². The van der Waals surface area contributed by atoms with Crippen LogP contribution in [-0.4, -0.2) is 36.6 Å². The number of unbranched alkanes of at least 4 members (excludes halogenated alkanes) is 1. The minimum absolute atomic E-state index is 0.115. The molecule has 0 aliphatic rings. The molecule has 4 aromatic rings. The van der Waals surface area contributed by atoms with Gasteiger partial charge in [0.1, 0.15) is 5.82 Å². The summed E-state index contributed by atoms with van der Waals surface area (Å²) < 4.78 is 1.80. The minimum atomic E-state index is -0.976. The number of carboxylic acid groups (broad SMARTS) is 1. The number of rotatable bonds is 10. The van der Waals surface area contributed by atoms with Gasteiger partial charge in [-0.2, -0.15) is 0 Å². The second kappa shape index (κ2) is 10.7. The Bertz CT molecular complexity index is 1280. The van der Waals surface area contributed by atoms with Crippen LogP contribution in [0.25, 0.3) is 11.1 Å². The van der Waals surface area contributed by atoms with Crippen LogP contribution in [0.1, 0.15) is 57.8 Å². The lowest BCUT2D eigenvalue weighted by molar-refractivity contribution is 0.0697. The third-order valence-corrected chi connectivity index (χ3v) is 5.56. The molecule has 7 nitrogen and oxygen atoms in total. The van der Waals surface area contributed by atoms with Gasteiger partial charge in [0, 0.05) is 36.8 Å². The second-order valence-electron chi connectivity index (χ2n) is 8.08. The van der Waals surface area contributed by atoms with Crippen molar-refractivity contribution in [1.29, 1.82) is 0 Å². The molecule has 34 heavy (non-hydrogen) atoms. The number of pyridine rings is 1. The van der Waals surface area contributed by atoms with Crippen molar-refractivity contribution in [2.45, 2.75) is 39.2 Å². The predicted molar refractivity (Wildman–Crippen MR) is 129 cm³/mol. The number of carbonyl (C=O) groups is 2. The number of Topliss-reactive ketones (excluding diaryl/α,β-unsaturated/α-hetero) is 1. The van der Waals surface area contributed by atoms with Gasteiger partial charge in [0.15, 0.2) is 0 Å². The van der Waals surface area contributed by atoms with Gasteiger partial charge in [-0.15, -0.1) is 5.10 Å². The molecule has 7 heteroatoms. The van der Waals surface area contributed by atoms with Crippen molar-refractivity contribution < 1.29 is 14.7 Å². The van der Waals surface area contributed by atoms with Crippen LogP contribution in [-0.2, 0) is 19.4 Å². The topological polar surface area (TPSA) is 98.0 Å². The summed E-state index contributed by atoms with van der Waals surface area (Å²) in [5, 5.41) is 14.0. The summed E-state index contributed by atoms with van der Waals surface area (Å²) in [5.41, 5.74) is 3.28. The summed E-state index contributed by atoms with van der Waals surface area (Å²) in [6.45, 7) is 2.79. The largest absolute Gasteiger partial charge is 0.478 e. The molecular formula is C27H26N4O3. The van der Waals surface area contributed by atoms with Gasteiger partial charge in [0.25, 0.3) is 0 Å². The smallest absolute Gasteiger partial charge is 0.336 e. The maximum atomic E-state index is 12.8. The van der Waals surface area contributed by atoms with Crippen LogP contribution in [0.5, 0.6) is 0 Å². The number of aromatic carboxylic acids is 1. The molecule has 2 aromatic carbocycles. The van der Waals surface area contributed by atoms with Crippen molar-refractivity contribution in [3.05, 3.63) is 101 Å². The van der Waals surface area contributed by atoms with Crippen molar-refractivity contribution in [3.63, 3.8) is 0 Å². The van der Waals surface area contributed by atoms with E-state index in [0.29, 0.717) is 24.4 Å². The van der Waals surface area contributed by atoms with Gasteiger partial charge < -0.3 is 5.11 Å². The average molecular weight is 455 g/mol. The standard InChI is InChI=1S/C27H26N4O3/c1-2-3-15-31-25(29-26(30-31)24(32)16-19-9-5-4-6-10-19)17-21-14-13-20(18-28-21)22-11-7-8-12-23(22)27(33)34/h4-14,18H,2-3,15-17H2,1H3,(H,33,34). The molecule has 0 aliphatic carbocycles. The second-order valence-corrected chi connectivity index (χ2v) is 8.08. The van der Waals surface area contributed by atoms with E-state index in [4.69, 9.17) is 0 Å². The average Bonchev–Trinajstić information content (AvgIpc) is 3.26. The highest BCUT2D eigenvalue weighted by molar-refractivity contribution is 5.96. The molecule has 0 amide bonds. The number of carbonyl (C=O) groups excluding carboxylic acids is 1. The van der Waals surface area contributed by atoms with Gasteiger partial charge in [0.05, 0.1) is 5.56 Å². The number of aryl methyl sites for hydroxylation is 1. The molecule has 0 saturated heterocycles. The zero-order valence-corrected chi connectivity index (χ0v) is 19.0. The van der Waals surface area contributed by atoms with Crippen LogP contribution in [0.4, 0.5) is 0 Å². The molecule has 172 valence electrons. The molecule has 0 bridgehead atoms. The maximum Gasteiger partial charge on any atom is 0.336 e. The number of carboxylic acids is 1. The van der Waals surface area contributed by atoms with Crippen LogP contribution in [0.15, 0.2) is 72.9 Å². The summed E-state index contributed by atoms with van der Waals surface area (Å²) in [7, 11) is 0. The van der Waals surface area contributed by atoms with Gasteiger partial charge in [-0.05, 0) is 29.7 Å². The lowest BCUT2D eigenvalue weighted by Gasteiger charge is -2.08. The molecule has 0 saturated carbocycles. The van der Waals surface area contributed by atoms with Crippen LogP contribution in [0.2, 0.25) is 0 Å². The van der Waals surface area contributed by atoms with Crippen molar-refractivity contribution in [3.8, 4) is 11.1 Å². The monoisotopic (exact) mass is 454 g/mol. The number of aromatic nitrogens is 4. The number of nitrogens with zero attached hydrogens (tertiary/aromatic N) is 4. The Morgan fingerprint density at radius 3 is 2.44 bits per heavy atom. The van der Waals surface area contributed by atoms with Gasteiger partial charge >= 0.3 is 5.97 Å². The van der Waals surface area contributed by atoms with E-state index in [9.17, 15) is 14.7 Å². The summed E-state index contributed by atoms with van der Waals surface area (Å²) in [6, 6.07) is 20.1. The van der Waals surface area contributed by atoms with E-state index >= 15 is 0 Å². The van der Waals surface area contributed by atoms with Crippen LogP contribution in [0.3, 0.4) is 0 Å². The molecule has 0 fully saturated rings. The van der Waals surface area contributed by atoms with Crippen molar-refractivity contribution in [2.75, 3.05) is 0 Å². The zero-order valence-electron chi connectivity index (χ0n) is 19.0. The highest BCUT2D eigenvalue weighted by Crippen LogP contribution is 2.23. The van der Waals surface area contributed by atoms with Gasteiger partial charge in [-0.3, -0.25) is 9.78 Å². The number of ketones is 1. The van der Waals surface area contributed by atoms with E-state index in [1.54, 1.807) is 35.1 Å². The summed E-state index contributed by atoms with van der Waals surface area (Å²) in [4.78, 5) is 33.4. The van der Waals surface area contributed by atoms with Gasteiger partial charge in [-0.25, -0.2) is 14.5 Å². The Morgan fingerprint density at radius 2 is 1.74 bits per heavy atom. The third-order valence-electron chi connectivity index (χ3n) is 5.56. The predicted octanol–water partition coefficient (Wildman–Crippen LogP) is 4.85. The molecule has 4 rings (SSSR count). The molecule has 2 heterocycles. The Labute approximate surface area is 198 Å². The van der Waals surface area contributed by atoms with E-state index in [0.717, 1.165) is 29.7 Å². The van der Waals surface area contributed by atoms with Crippen molar-refractivity contribution in [2.24, 2.45) is 0 Å². The van der Waals surface area contributed by atoms with Gasteiger partial charge in [-0.1, -0.05) is 67.9 Å². The summed E-state index contributed by atoms with van der Waals surface area (Å²) in [6.07, 6.45) is 4.29. The Kier molecular flexibility index (Phi) is 7.22. The maximum absolute atomic E-state index is 12.8. The fourth-order valence-corrected chi connectivity index (χ4v) is 3.74. The van der Waals surface area contributed by atoms with Crippen LogP contribution >= 0.6 is 0 Å². The quantitative estimate of drug-likeness (QED) is 0.344. The van der Waals surface area contributed by atoms with E-state index in [-0.39, 0.29) is 23.6 Å². The Balaban J connectivity index is 1.55. The molecule has 1 N–H and O–H groups in total. The first kappa shape index (κ1) is 23.0. The molecule has 0 spiro atoms. The molecule has 2 aromatic heterocycles. The van der Waals surface area contributed by atoms with E-state index in [1.165, 1.54) is 0 Å². The van der Waals surface area contributed by atoms with E-state index in [1.807, 2.05) is 42.5 Å². The molecular weight excluding hydrogens is 428 g/mol. The summed E-state index contributed by atoms with van der Waals surface area (Å²) >= 11 is 0. The Morgan fingerprint density at radius 1 is 0.971 bits per heavy atom. The van der Waals surface area contributed by atoms with Crippen LogP contribution in [0, 0.1) is 0 Å². The lowest BCUT2D eigenvalue weighted by atomic mass is 10.0. The van der Waals surface area contributed by atoms with Crippen molar-refractivity contribution >= 4 is 11.8 Å². The van der Waals surface area contributed by atoms with Gasteiger partial charge in [0.2, 0.25) is 11.6 Å². The molecule has 0 atom stereocenters. The van der Waals surface area contributed by atoms with Crippen molar-refractivity contribution in [1.82, 2.24) is 19.7 Å². The number of benzene rings is 2. The first-order valence-corrected chi connectivity index (χ1v) is 11.3. The number of hydrogen-bond donors (Lipinski definition) is 1. The fraction of sp³-hybridized carbons (Fsp3) is 0.222. The molecule has 0 radical (unpaired) electrons. The SMILES string of the molecule is CCCCn1nc(C(=O)Cc2ccccc2)nc1Cc1ccc(-c2ccccc2C(=O)O)cn1. The zero-order chi connectivity index (χ0) is 23.9. The van der Waals surface area contributed by atoms with E-state index in [2.05, 4.69) is 22.0 Å². The minimum Gasteiger partial charge on any atom is -0.478 e. The highest BCUT2D eigenvalue weighted by Gasteiger charge is 2.18. The molecule has 0 unspecified atom stereocenters. The highest BCUT2D eigenvalue weighted by atomic mass is 16.4. The van der Waals surface area contributed by atoms with E-state index < -0.39 is 5.97 Å². The summed E-state index contributed by atoms with van der Waals surface area (Å²) in [5.74, 6) is -0.175. The Hall–Kier alpha value is -4.13. The first-order chi connectivity index (χ1) is 16.5. The fourth-order valence-electron chi connectivity index (χ4n) is 3.74. The first-order valence-electron chi connectivity index (χ1n) is 11.3. The normalized spacial score (nSPS) is 10.9. The molecule has 0 aliphatic heterocycles. The number of hydrogen-bond acceptors (Lipinski definition) is 5.